The van der Waals surface area contributed by atoms with Gasteiger partial charge in [-0.05, 0) is 58.3 Å². The van der Waals surface area contributed by atoms with Gasteiger partial charge in [-0.25, -0.2) is 4.98 Å². The van der Waals surface area contributed by atoms with Crippen LogP contribution in [0.25, 0.3) is 49.5 Å². The fraction of sp³-hybridized carbons (Fsp3) is 0.0417. The van der Waals surface area contributed by atoms with E-state index in [1.807, 2.05) is 24.8 Å². The molecule has 6 aromatic rings. The van der Waals surface area contributed by atoms with E-state index in [9.17, 15) is 0 Å². The van der Waals surface area contributed by atoms with Crippen LogP contribution in [0.5, 0.6) is 0 Å². The van der Waals surface area contributed by atoms with E-state index < -0.39 is 0 Å². The number of pyridine rings is 3. The van der Waals surface area contributed by atoms with Crippen molar-refractivity contribution in [2.24, 2.45) is 0 Å². The van der Waals surface area contributed by atoms with E-state index in [4.69, 9.17) is 4.98 Å². The third-order valence-corrected chi connectivity index (χ3v) is 5.96. The van der Waals surface area contributed by atoms with Gasteiger partial charge in [-0.3, -0.25) is 14.4 Å². The Morgan fingerprint density at radius 2 is 1.57 bits per heavy atom. The van der Waals surface area contributed by atoms with Crippen molar-refractivity contribution >= 4 is 38.4 Å². The average Bonchev–Trinajstić information content (AvgIpc) is 3.30. The number of nitrogens with zero attached hydrogens (tertiary/aromatic N) is 4. The van der Waals surface area contributed by atoms with Gasteiger partial charge in [0.25, 0.3) is 0 Å². The lowest BCUT2D eigenvalue weighted by atomic mass is 10.1. The van der Waals surface area contributed by atoms with E-state index in [1.54, 1.807) is 0 Å². The number of benzene rings is 2. The van der Waals surface area contributed by atoms with E-state index >= 15 is 0 Å². The van der Waals surface area contributed by atoms with E-state index in [2.05, 4.69) is 62.9 Å². The first-order chi connectivity index (χ1) is 13.9. The number of aromatic nitrogens is 4. The van der Waals surface area contributed by atoms with Crippen molar-refractivity contribution in [3.05, 3.63) is 84.4 Å². The molecule has 130 valence electrons. The van der Waals surface area contributed by atoms with Crippen molar-refractivity contribution in [1.29, 1.82) is 0 Å². The number of hydrogen-bond donors (Lipinski definition) is 0. The summed E-state index contributed by atoms with van der Waals surface area (Å²) in [5.74, 6) is 0. The maximum atomic E-state index is 5.05. The summed E-state index contributed by atoms with van der Waals surface area (Å²) in [5, 5.41) is 3.31. The van der Waals surface area contributed by atoms with Gasteiger partial charge in [0.15, 0.2) is 0 Å². The molecule has 4 heterocycles. The fourth-order valence-electron chi connectivity index (χ4n) is 4.73. The first-order valence-corrected chi connectivity index (χ1v) is 9.41. The van der Waals surface area contributed by atoms with Crippen LogP contribution >= 0.6 is 0 Å². The standard InChI is InChI=1S/C24H14N4/c1-2-4-16-14(3-1)9-15-10-23-21(11-18(15)16)27-24-20-13-25-7-5-17(20)19-12-26-8-6-22(19)28(23)24/h1-8,10-13H,9H2. The Kier molecular flexibility index (Phi) is 2.51. The minimum Gasteiger partial charge on any atom is -0.292 e. The molecule has 0 fully saturated rings. The Hall–Kier alpha value is -3.79. The summed E-state index contributed by atoms with van der Waals surface area (Å²) >= 11 is 0. The maximum Gasteiger partial charge on any atom is 0.147 e. The molecule has 0 radical (unpaired) electrons. The molecule has 0 aliphatic heterocycles. The van der Waals surface area contributed by atoms with Crippen LogP contribution in [-0.4, -0.2) is 19.4 Å². The molecule has 0 bridgehead atoms. The highest BCUT2D eigenvalue weighted by molar-refractivity contribution is 6.13. The van der Waals surface area contributed by atoms with Gasteiger partial charge in [-0.1, -0.05) is 24.3 Å². The lowest BCUT2D eigenvalue weighted by Gasteiger charge is -2.08. The normalized spacial score (nSPS) is 12.9. The molecule has 7 rings (SSSR count). The summed E-state index contributed by atoms with van der Waals surface area (Å²) in [6, 6.07) is 17.3. The highest BCUT2D eigenvalue weighted by Gasteiger charge is 2.21. The molecule has 1 aliphatic rings. The Labute approximate surface area is 160 Å². The third kappa shape index (κ3) is 1.68. The minimum absolute atomic E-state index is 0.953. The molecule has 0 saturated heterocycles. The molecule has 0 unspecified atom stereocenters. The van der Waals surface area contributed by atoms with Crippen LogP contribution in [0.15, 0.2) is 73.3 Å². The van der Waals surface area contributed by atoms with Gasteiger partial charge in [-0.15, -0.1) is 0 Å². The second kappa shape index (κ2) is 4.93. The van der Waals surface area contributed by atoms with Crippen LogP contribution in [0.2, 0.25) is 0 Å². The third-order valence-electron chi connectivity index (χ3n) is 5.96. The minimum atomic E-state index is 0.953. The topological polar surface area (TPSA) is 43.1 Å². The smallest absolute Gasteiger partial charge is 0.147 e. The molecular formula is C24H14N4. The fourth-order valence-corrected chi connectivity index (χ4v) is 4.73. The number of imidazole rings is 1. The summed E-state index contributed by atoms with van der Waals surface area (Å²) in [7, 11) is 0. The van der Waals surface area contributed by atoms with Gasteiger partial charge < -0.3 is 0 Å². The predicted molar refractivity (Wildman–Crippen MR) is 112 cm³/mol. The lowest BCUT2D eigenvalue weighted by molar-refractivity contribution is 1.25. The molecule has 1 aliphatic carbocycles. The van der Waals surface area contributed by atoms with Gasteiger partial charge in [0.2, 0.25) is 0 Å². The predicted octanol–water partition coefficient (Wildman–Crippen LogP) is 5.16. The summed E-state index contributed by atoms with van der Waals surface area (Å²) in [4.78, 5) is 13.8. The second-order valence-electron chi connectivity index (χ2n) is 7.42. The quantitative estimate of drug-likeness (QED) is 0.352. The highest BCUT2D eigenvalue weighted by Crippen LogP contribution is 2.40. The van der Waals surface area contributed by atoms with Crippen molar-refractivity contribution in [3.63, 3.8) is 0 Å². The monoisotopic (exact) mass is 358 g/mol. The van der Waals surface area contributed by atoms with Crippen molar-refractivity contribution < 1.29 is 0 Å². The SMILES string of the molecule is c1ccc2c(c1)Cc1cc3c(cc1-2)nc1c2cnccc2c2cnccc2n31. The molecule has 4 aromatic heterocycles. The van der Waals surface area contributed by atoms with E-state index in [0.29, 0.717) is 0 Å². The van der Waals surface area contributed by atoms with Crippen molar-refractivity contribution in [3.8, 4) is 11.1 Å². The maximum absolute atomic E-state index is 5.05. The van der Waals surface area contributed by atoms with Gasteiger partial charge in [0.1, 0.15) is 5.65 Å². The second-order valence-corrected chi connectivity index (χ2v) is 7.42. The number of fused-ring (bicyclic) bond motifs is 11. The summed E-state index contributed by atoms with van der Waals surface area (Å²) < 4.78 is 2.26. The number of rotatable bonds is 0. The molecule has 28 heavy (non-hydrogen) atoms. The summed E-state index contributed by atoms with van der Waals surface area (Å²) in [6.07, 6.45) is 8.50. The van der Waals surface area contributed by atoms with Crippen molar-refractivity contribution in [1.82, 2.24) is 19.4 Å². The average molecular weight is 358 g/mol. The van der Waals surface area contributed by atoms with Gasteiger partial charge in [0.05, 0.1) is 16.6 Å². The van der Waals surface area contributed by atoms with E-state index in [0.717, 1.165) is 44.8 Å². The molecule has 0 amide bonds. The Morgan fingerprint density at radius 3 is 2.54 bits per heavy atom. The van der Waals surface area contributed by atoms with E-state index in [1.165, 1.54) is 22.3 Å². The molecule has 0 atom stereocenters. The van der Waals surface area contributed by atoms with Crippen LogP contribution in [-0.2, 0) is 6.42 Å². The van der Waals surface area contributed by atoms with Crippen LogP contribution in [0.3, 0.4) is 0 Å². The largest absolute Gasteiger partial charge is 0.292 e. The van der Waals surface area contributed by atoms with Crippen LogP contribution in [0.1, 0.15) is 11.1 Å². The number of hydrogen-bond acceptors (Lipinski definition) is 3. The van der Waals surface area contributed by atoms with Crippen molar-refractivity contribution in [2.45, 2.75) is 6.42 Å². The highest BCUT2D eigenvalue weighted by atomic mass is 15.0. The first kappa shape index (κ1) is 14.3. The first-order valence-electron chi connectivity index (χ1n) is 9.41. The van der Waals surface area contributed by atoms with Crippen LogP contribution in [0.4, 0.5) is 0 Å². The van der Waals surface area contributed by atoms with Gasteiger partial charge in [0, 0.05) is 35.6 Å². The zero-order valence-corrected chi connectivity index (χ0v) is 14.9. The summed E-state index contributed by atoms with van der Waals surface area (Å²) in [6.45, 7) is 0. The molecule has 0 spiro atoms. The van der Waals surface area contributed by atoms with Crippen molar-refractivity contribution in [2.75, 3.05) is 0 Å². The summed E-state index contributed by atoms with van der Waals surface area (Å²) in [5.41, 5.74) is 9.63. The Bertz CT molecular complexity index is 1590. The zero-order valence-electron chi connectivity index (χ0n) is 14.9. The Morgan fingerprint density at radius 1 is 0.714 bits per heavy atom. The van der Waals surface area contributed by atoms with Crippen LogP contribution in [0, 0.1) is 0 Å². The molecule has 0 saturated carbocycles. The van der Waals surface area contributed by atoms with Gasteiger partial charge in [-0.2, -0.15) is 0 Å². The van der Waals surface area contributed by atoms with E-state index in [-0.39, 0.29) is 0 Å². The van der Waals surface area contributed by atoms with Gasteiger partial charge >= 0.3 is 0 Å². The zero-order chi connectivity index (χ0) is 18.2. The molecular weight excluding hydrogens is 344 g/mol. The van der Waals surface area contributed by atoms with Crippen LogP contribution < -0.4 is 0 Å². The molecule has 4 nitrogen and oxygen atoms in total. The lowest BCUT2D eigenvalue weighted by Crippen LogP contribution is -1.93. The Balaban J connectivity index is 1.70. The molecule has 0 N–H and O–H groups in total. The molecule has 4 heteroatoms. The molecule has 2 aromatic carbocycles.